The van der Waals surface area contributed by atoms with Gasteiger partial charge >= 0.3 is 0 Å². The first kappa shape index (κ1) is 19.0. The molecule has 0 fully saturated rings. The van der Waals surface area contributed by atoms with Gasteiger partial charge in [0.2, 0.25) is 0 Å². The van der Waals surface area contributed by atoms with Crippen molar-refractivity contribution in [3.8, 4) is 0 Å². The normalized spacial score (nSPS) is 11.4. The Morgan fingerprint density at radius 2 is 1.68 bits per heavy atom. The van der Waals surface area contributed by atoms with Gasteiger partial charge in [-0.25, -0.2) is 8.42 Å². The Balaban J connectivity index is 2.18. The zero-order valence-corrected chi connectivity index (χ0v) is 15.6. The largest absolute Gasteiger partial charge is 0.349 e. The molecule has 0 spiro atoms. The summed E-state index contributed by atoms with van der Waals surface area (Å²) in [5.41, 5.74) is 1.77. The van der Waals surface area contributed by atoms with Crippen molar-refractivity contribution >= 4 is 21.6 Å². The van der Waals surface area contributed by atoms with E-state index in [4.69, 9.17) is 0 Å². The third-order valence-corrected chi connectivity index (χ3v) is 5.43. The Labute approximate surface area is 149 Å². The van der Waals surface area contributed by atoms with Crippen LogP contribution >= 0.6 is 0 Å². The van der Waals surface area contributed by atoms with Gasteiger partial charge in [-0.3, -0.25) is 9.52 Å². The van der Waals surface area contributed by atoms with Crippen LogP contribution in [0.1, 0.15) is 42.6 Å². The molecule has 0 aliphatic carbocycles. The second-order valence-corrected chi connectivity index (χ2v) is 7.67. The van der Waals surface area contributed by atoms with Crippen molar-refractivity contribution in [2.75, 3.05) is 4.72 Å². The summed E-state index contributed by atoms with van der Waals surface area (Å²) in [7, 11) is -3.69. The molecule has 2 rings (SSSR count). The molecule has 0 bridgehead atoms. The van der Waals surface area contributed by atoms with Crippen LogP contribution < -0.4 is 10.0 Å². The van der Waals surface area contributed by atoms with Crippen molar-refractivity contribution in [2.24, 2.45) is 0 Å². The summed E-state index contributed by atoms with van der Waals surface area (Å²) in [6, 6.07) is 13.2. The molecular weight excluding hydrogens is 336 g/mol. The molecule has 0 unspecified atom stereocenters. The van der Waals surface area contributed by atoms with Gasteiger partial charge in [0.1, 0.15) is 0 Å². The Morgan fingerprint density at radius 3 is 2.28 bits per heavy atom. The first-order valence-electron chi connectivity index (χ1n) is 8.36. The van der Waals surface area contributed by atoms with Gasteiger partial charge in [0.05, 0.1) is 4.90 Å². The highest BCUT2D eigenvalue weighted by molar-refractivity contribution is 7.92. The van der Waals surface area contributed by atoms with Crippen LogP contribution in [-0.4, -0.2) is 20.4 Å². The van der Waals surface area contributed by atoms with Crippen LogP contribution in [0.4, 0.5) is 5.69 Å². The van der Waals surface area contributed by atoms with E-state index in [9.17, 15) is 13.2 Å². The zero-order valence-electron chi connectivity index (χ0n) is 14.7. The van der Waals surface area contributed by atoms with E-state index < -0.39 is 10.0 Å². The third-order valence-electron chi connectivity index (χ3n) is 4.03. The molecule has 0 heterocycles. The Kier molecular flexibility index (Phi) is 6.20. The van der Waals surface area contributed by atoms with Gasteiger partial charge in [-0.15, -0.1) is 0 Å². The molecule has 25 heavy (non-hydrogen) atoms. The van der Waals surface area contributed by atoms with Crippen molar-refractivity contribution < 1.29 is 13.2 Å². The Morgan fingerprint density at radius 1 is 1.04 bits per heavy atom. The number of nitrogens with one attached hydrogen (secondary N) is 2. The van der Waals surface area contributed by atoms with Crippen LogP contribution in [0.5, 0.6) is 0 Å². The number of hydrogen-bond acceptors (Lipinski definition) is 3. The van der Waals surface area contributed by atoms with Crippen LogP contribution in [-0.2, 0) is 10.0 Å². The van der Waals surface area contributed by atoms with Crippen LogP contribution in [0.3, 0.4) is 0 Å². The predicted octanol–water partition coefficient (Wildman–Crippen LogP) is 3.71. The summed E-state index contributed by atoms with van der Waals surface area (Å²) in [6.07, 6.45) is 1.70. The molecule has 5 nitrogen and oxygen atoms in total. The van der Waals surface area contributed by atoms with Gasteiger partial charge in [-0.05, 0) is 50.1 Å². The number of hydrogen-bond donors (Lipinski definition) is 2. The van der Waals surface area contributed by atoms with Crippen LogP contribution in [0.15, 0.2) is 53.4 Å². The number of aryl methyl sites for hydroxylation is 1. The van der Waals surface area contributed by atoms with Gasteiger partial charge in [0.15, 0.2) is 0 Å². The standard InChI is InChI=1S/C19H24N2O3S/c1-4-16(5-2)20-19(22)15-7-6-8-17(13-15)21-25(23,24)18-11-9-14(3)10-12-18/h6-13,16,21H,4-5H2,1-3H3,(H,20,22). The van der Waals surface area contributed by atoms with Crippen molar-refractivity contribution in [2.45, 2.75) is 44.6 Å². The van der Waals surface area contributed by atoms with Gasteiger partial charge in [-0.2, -0.15) is 0 Å². The fourth-order valence-electron chi connectivity index (χ4n) is 2.42. The number of benzene rings is 2. The third kappa shape index (κ3) is 5.06. The van der Waals surface area contributed by atoms with Crippen LogP contribution in [0.25, 0.3) is 0 Å². The number of amides is 1. The maximum absolute atomic E-state index is 12.5. The highest BCUT2D eigenvalue weighted by Crippen LogP contribution is 2.18. The topological polar surface area (TPSA) is 75.3 Å². The van der Waals surface area contributed by atoms with Gasteiger partial charge in [-0.1, -0.05) is 37.6 Å². The van der Waals surface area contributed by atoms with Crippen molar-refractivity contribution in [3.63, 3.8) is 0 Å². The second kappa shape index (κ2) is 8.16. The van der Waals surface area contributed by atoms with E-state index in [2.05, 4.69) is 10.0 Å². The smallest absolute Gasteiger partial charge is 0.261 e. The SMILES string of the molecule is CCC(CC)NC(=O)c1cccc(NS(=O)(=O)c2ccc(C)cc2)c1. The number of sulfonamides is 1. The molecule has 2 aromatic rings. The van der Waals surface area contributed by atoms with E-state index in [0.29, 0.717) is 11.3 Å². The first-order chi connectivity index (χ1) is 11.9. The minimum absolute atomic E-state index is 0.111. The van der Waals surface area contributed by atoms with Crippen LogP contribution in [0, 0.1) is 6.92 Å². The van der Waals surface area contributed by atoms with Gasteiger partial charge in [0, 0.05) is 17.3 Å². The molecule has 0 radical (unpaired) electrons. The van der Waals surface area contributed by atoms with Crippen molar-refractivity contribution in [1.29, 1.82) is 0 Å². The number of carbonyl (C=O) groups is 1. The summed E-state index contributed by atoms with van der Waals surface area (Å²) < 4.78 is 27.4. The number of anilines is 1. The molecule has 0 aromatic heterocycles. The van der Waals surface area contributed by atoms with E-state index >= 15 is 0 Å². The van der Waals surface area contributed by atoms with Crippen molar-refractivity contribution in [3.05, 3.63) is 59.7 Å². The molecule has 1 amide bonds. The average Bonchev–Trinajstić information content (AvgIpc) is 2.59. The predicted molar refractivity (Wildman–Crippen MR) is 100 cm³/mol. The lowest BCUT2D eigenvalue weighted by atomic mass is 10.1. The minimum Gasteiger partial charge on any atom is -0.349 e. The van der Waals surface area contributed by atoms with Crippen LogP contribution in [0.2, 0.25) is 0 Å². The lowest BCUT2D eigenvalue weighted by Crippen LogP contribution is -2.33. The summed E-state index contributed by atoms with van der Waals surface area (Å²) in [4.78, 5) is 12.5. The fourth-order valence-corrected chi connectivity index (χ4v) is 3.47. The molecule has 2 aromatic carbocycles. The average molecular weight is 360 g/mol. The lowest BCUT2D eigenvalue weighted by molar-refractivity contribution is 0.0935. The number of rotatable bonds is 7. The molecule has 2 N–H and O–H groups in total. The lowest BCUT2D eigenvalue weighted by Gasteiger charge is -2.15. The highest BCUT2D eigenvalue weighted by atomic mass is 32.2. The van der Waals surface area contributed by atoms with E-state index in [-0.39, 0.29) is 16.8 Å². The highest BCUT2D eigenvalue weighted by Gasteiger charge is 2.15. The summed E-state index contributed by atoms with van der Waals surface area (Å²) in [5.74, 6) is -0.204. The molecule has 0 saturated heterocycles. The van der Waals surface area contributed by atoms with Crippen molar-refractivity contribution in [1.82, 2.24) is 5.32 Å². The minimum atomic E-state index is -3.69. The molecule has 6 heteroatoms. The van der Waals surface area contributed by atoms with E-state index in [1.165, 1.54) is 0 Å². The van der Waals surface area contributed by atoms with E-state index in [1.54, 1.807) is 48.5 Å². The molecule has 134 valence electrons. The number of carbonyl (C=O) groups excluding carboxylic acids is 1. The quantitative estimate of drug-likeness (QED) is 0.790. The van der Waals surface area contributed by atoms with E-state index in [1.807, 2.05) is 20.8 Å². The van der Waals surface area contributed by atoms with E-state index in [0.717, 1.165) is 18.4 Å². The Bertz CT molecular complexity index is 826. The second-order valence-electron chi connectivity index (χ2n) is 5.99. The maximum atomic E-state index is 12.5. The summed E-state index contributed by atoms with van der Waals surface area (Å²) in [5, 5.41) is 2.94. The fraction of sp³-hybridized carbons (Fsp3) is 0.316. The Hall–Kier alpha value is -2.34. The first-order valence-corrected chi connectivity index (χ1v) is 9.84. The maximum Gasteiger partial charge on any atom is 0.261 e. The van der Waals surface area contributed by atoms with Gasteiger partial charge < -0.3 is 5.32 Å². The molecular formula is C19H24N2O3S. The summed E-state index contributed by atoms with van der Waals surface area (Å²) in [6.45, 7) is 5.92. The van der Waals surface area contributed by atoms with Gasteiger partial charge in [0.25, 0.3) is 15.9 Å². The summed E-state index contributed by atoms with van der Waals surface area (Å²) >= 11 is 0. The molecule has 0 aliphatic heterocycles. The molecule has 0 atom stereocenters. The monoisotopic (exact) mass is 360 g/mol. The molecule has 0 aliphatic rings. The zero-order chi connectivity index (χ0) is 18.4. The molecule has 0 saturated carbocycles.